The van der Waals surface area contributed by atoms with Crippen LogP contribution in [0.3, 0.4) is 0 Å². The third-order valence-electron chi connectivity index (χ3n) is 4.39. The summed E-state index contributed by atoms with van der Waals surface area (Å²) < 4.78 is 50.5. The van der Waals surface area contributed by atoms with Crippen molar-refractivity contribution in [2.45, 2.75) is 6.18 Å². The highest BCUT2D eigenvalue weighted by Crippen LogP contribution is 2.37. The van der Waals surface area contributed by atoms with Gasteiger partial charge in [-0.1, -0.05) is 17.4 Å². The van der Waals surface area contributed by atoms with Crippen molar-refractivity contribution in [3.63, 3.8) is 0 Å². The Labute approximate surface area is 174 Å². The molecule has 0 saturated heterocycles. The number of anilines is 2. The number of nitrogens with one attached hydrogen (secondary N) is 1. The highest BCUT2D eigenvalue weighted by molar-refractivity contribution is 7.22. The van der Waals surface area contributed by atoms with E-state index in [2.05, 4.69) is 15.3 Å². The molecular weight excluding hydrogens is 415 g/mol. The maximum Gasteiger partial charge on any atom is 0.416 e. The Morgan fingerprint density at radius 1 is 0.900 bits per heavy atom. The molecule has 0 spiro atoms. The van der Waals surface area contributed by atoms with Crippen LogP contribution in [-0.4, -0.2) is 24.2 Å². The molecule has 4 rings (SSSR count). The van der Waals surface area contributed by atoms with Crippen molar-refractivity contribution >= 4 is 32.4 Å². The average molecular weight is 431 g/mol. The molecule has 0 aliphatic rings. The SMILES string of the molecule is COc1cncc(-c2ccc3nc(Nc4cc(OC)cc(C(F)(F)F)c4)sc3c2)c1. The highest BCUT2D eigenvalue weighted by Gasteiger charge is 2.31. The molecule has 2 aromatic carbocycles. The quantitative estimate of drug-likeness (QED) is 0.411. The zero-order valence-corrected chi connectivity index (χ0v) is 16.8. The molecule has 5 nitrogen and oxygen atoms in total. The van der Waals surface area contributed by atoms with E-state index in [0.29, 0.717) is 10.9 Å². The summed E-state index contributed by atoms with van der Waals surface area (Å²) in [5.74, 6) is 0.763. The molecule has 0 atom stereocenters. The number of hydrogen-bond donors (Lipinski definition) is 1. The first kappa shape index (κ1) is 20.0. The fraction of sp³-hybridized carbons (Fsp3) is 0.143. The van der Waals surface area contributed by atoms with Crippen molar-refractivity contribution in [2.24, 2.45) is 0 Å². The Bertz CT molecular complexity index is 1210. The van der Waals surface area contributed by atoms with Gasteiger partial charge < -0.3 is 14.8 Å². The largest absolute Gasteiger partial charge is 0.497 e. The summed E-state index contributed by atoms with van der Waals surface area (Å²) in [5, 5.41) is 3.43. The molecule has 9 heteroatoms. The number of benzene rings is 2. The summed E-state index contributed by atoms with van der Waals surface area (Å²) in [5.41, 5.74) is 2.02. The first-order valence-corrected chi connectivity index (χ1v) is 9.60. The molecule has 0 bridgehead atoms. The Morgan fingerprint density at radius 2 is 1.70 bits per heavy atom. The number of nitrogens with zero attached hydrogens (tertiary/aromatic N) is 2. The van der Waals surface area contributed by atoms with Crippen LogP contribution in [0.1, 0.15) is 5.56 Å². The van der Waals surface area contributed by atoms with Crippen LogP contribution >= 0.6 is 11.3 Å². The predicted octanol–water partition coefficient (Wildman–Crippen LogP) is 6.14. The number of fused-ring (bicyclic) bond motifs is 1. The van der Waals surface area contributed by atoms with E-state index in [4.69, 9.17) is 9.47 Å². The maximum atomic E-state index is 13.1. The molecule has 0 saturated carbocycles. The first-order valence-electron chi connectivity index (χ1n) is 8.79. The van der Waals surface area contributed by atoms with Gasteiger partial charge in [0.1, 0.15) is 11.5 Å². The van der Waals surface area contributed by atoms with E-state index in [1.807, 2.05) is 24.3 Å². The van der Waals surface area contributed by atoms with Crippen molar-refractivity contribution in [3.8, 4) is 22.6 Å². The zero-order valence-electron chi connectivity index (χ0n) is 15.9. The number of rotatable bonds is 5. The second kappa shape index (κ2) is 7.83. The van der Waals surface area contributed by atoms with Crippen LogP contribution in [0.5, 0.6) is 11.5 Å². The van der Waals surface area contributed by atoms with Gasteiger partial charge in [0, 0.05) is 23.5 Å². The van der Waals surface area contributed by atoms with Crippen LogP contribution in [0.2, 0.25) is 0 Å². The molecule has 154 valence electrons. The number of alkyl halides is 3. The van der Waals surface area contributed by atoms with Crippen molar-refractivity contribution < 1.29 is 22.6 Å². The van der Waals surface area contributed by atoms with Gasteiger partial charge in [0.15, 0.2) is 5.13 Å². The van der Waals surface area contributed by atoms with E-state index in [1.54, 1.807) is 19.5 Å². The number of hydrogen-bond acceptors (Lipinski definition) is 6. The van der Waals surface area contributed by atoms with Crippen molar-refractivity contribution in [3.05, 3.63) is 60.4 Å². The number of methoxy groups -OCH3 is 2. The molecule has 0 aliphatic heterocycles. The second-order valence-electron chi connectivity index (χ2n) is 6.39. The van der Waals surface area contributed by atoms with Crippen LogP contribution in [-0.2, 0) is 6.18 Å². The molecular formula is C21H16F3N3O2S. The topological polar surface area (TPSA) is 56.3 Å². The van der Waals surface area contributed by atoms with Gasteiger partial charge in [0.05, 0.1) is 36.2 Å². The molecule has 0 unspecified atom stereocenters. The number of halogens is 3. The standard InChI is InChI=1S/C21H16F3N3O2S/c1-28-16-8-14(21(22,23)24)7-15(9-16)26-20-27-18-4-3-12(6-19(18)30-20)13-5-17(29-2)11-25-10-13/h3-11H,1-2H3,(H,26,27). The van der Waals surface area contributed by atoms with Crippen LogP contribution in [0.4, 0.5) is 24.0 Å². The number of aromatic nitrogens is 2. The van der Waals surface area contributed by atoms with Gasteiger partial charge in [-0.25, -0.2) is 4.98 Å². The lowest BCUT2D eigenvalue weighted by atomic mass is 10.1. The lowest BCUT2D eigenvalue weighted by Crippen LogP contribution is -2.06. The summed E-state index contributed by atoms with van der Waals surface area (Å²) in [6, 6.07) is 11.1. The van der Waals surface area contributed by atoms with E-state index in [1.165, 1.54) is 24.5 Å². The van der Waals surface area contributed by atoms with Crippen LogP contribution in [0, 0.1) is 0 Å². The summed E-state index contributed by atoms with van der Waals surface area (Å²) in [4.78, 5) is 8.63. The fourth-order valence-corrected chi connectivity index (χ4v) is 3.85. The van der Waals surface area contributed by atoms with Crippen LogP contribution in [0.15, 0.2) is 54.9 Å². The first-order chi connectivity index (χ1) is 14.4. The van der Waals surface area contributed by atoms with Gasteiger partial charge in [0.2, 0.25) is 0 Å². The minimum Gasteiger partial charge on any atom is -0.497 e. The molecule has 0 fully saturated rings. The van der Waals surface area contributed by atoms with Crippen molar-refractivity contribution in [1.29, 1.82) is 0 Å². The third kappa shape index (κ3) is 4.16. The van der Waals surface area contributed by atoms with E-state index in [-0.39, 0.29) is 11.4 Å². The molecule has 0 aliphatic carbocycles. The van der Waals surface area contributed by atoms with Gasteiger partial charge in [0.25, 0.3) is 0 Å². The molecule has 30 heavy (non-hydrogen) atoms. The highest BCUT2D eigenvalue weighted by atomic mass is 32.1. The fourth-order valence-electron chi connectivity index (χ4n) is 2.92. The lowest BCUT2D eigenvalue weighted by molar-refractivity contribution is -0.137. The van der Waals surface area contributed by atoms with Crippen LogP contribution in [0.25, 0.3) is 21.3 Å². The van der Waals surface area contributed by atoms with E-state index >= 15 is 0 Å². The summed E-state index contributed by atoms with van der Waals surface area (Å²) in [7, 11) is 2.90. The van der Waals surface area contributed by atoms with E-state index < -0.39 is 11.7 Å². The minimum absolute atomic E-state index is 0.112. The average Bonchev–Trinajstić information content (AvgIpc) is 3.14. The van der Waals surface area contributed by atoms with Gasteiger partial charge in [-0.05, 0) is 35.9 Å². The predicted molar refractivity (Wildman–Crippen MR) is 111 cm³/mol. The number of pyridine rings is 1. The Kier molecular flexibility index (Phi) is 5.21. The Hall–Kier alpha value is -3.33. The molecule has 2 aromatic heterocycles. The summed E-state index contributed by atoms with van der Waals surface area (Å²) >= 11 is 1.34. The second-order valence-corrected chi connectivity index (χ2v) is 7.42. The van der Waals surface area contributed by atoms with Gasteiger partial charge in [-0.2, -0.15) is 13.2 Å². The minimum atomic E-state index is -4.47. The summed E-state index contributed by atoms with van der Waals surface area (Å²) in [6.07, 6.45) is -1.11. The third-order valence-corrected chi connectivity index (χ3v) is 5.33. The Morgan fingerprint density at radius 3 is 2.43 bits per heavy atom. The summed E-state index contributed by atoms with van der Waals surface area (Å²) in [6.45, 7) is 0. The molecule has 2 heterocycles. The molecule has 4 aromatic rings. The van der Waals surface area contributed by atoms with E-state index in [0.717, 1.165) is 33.5 Å². The van der Waals surface area contributed by atoms with Gasteiger partial charge >= 0.3 is 6.18 Å². The number of thiazole rings is 1. The van der Waals surface area contributed by atoms with Crippen molar-refractivity contribution in [1.82, 2.24) is 9.97 Å². The van der Waals surface area contributed by atoms with E-state index in [9.17, 15) is 13.2 Å². The van der Waals surface area contributed by atoms with Crippen molar-refractivity contribution in [2.75, 3.05) is 19.5 Å². The monoisotopic (exact) mass is 431 g/mol. The number of ether oxygens (including phenoxy) is 2. The van der Waals surface area contributed by atoms with Gasteiger partial charge in [-0.15, -0.1) is 0 Å². The maximum absolute atomic E-state index is 13.1. The molecule has 0 radical (unpaired) electrons. The molecule has 1 N–H and O–H groups in total. The smallest absolute Gasteiger partial charge is 0.416 e. The van der Waals surface area contributed by atoms with Crippen LogP contribution < -0.4 is 14.8 Å². The Balaban J connectivity index is 1.66. The zero-order chi connectivity index (χ0) is 21.3. The molecule has 0 amide bonds. The normalized spacial score (nSPS) is 11.5. The lowest BCUT2D eigenvalue weighted by Gasteiger charge is -2.11. The van der Waals surface area contributed by atoms with Gasteiger partial charge in [-0.3, -0.25) is 4.98 Å².